The molecule has 0 spiro atoms. The number of halogens is 1. The SMILES string of the molecule is I.NC(=NCCN1CCc2sccc2C1)Nc1ccc2c(c1)CCC2. The minimum absolute atomic E-state index is 0. The molecule has 0 unspecified atom stereocenters. The largest absolute Gasteiger partial charge is 0.370 e. The summed E-state index contributed by atoms with van der Waals surface area (Å²) in [7, 11) is 0. The van der Waals surface area contributed by atoms with Crippen molar-refractivity contribution in [2.24, 2.45) is 10.7 Å². The Kier molecular flexibility index (Phi) is 6.35. The van der Waals surface area contributed by atoms with Gasteiger partial charge in [0.05, 0.1) is 6.54 Å². The Morgan fingerprint density at radius 1 is 1.16 bits per heavy atom. The second-order valence-electron chi connectivity index (χ2n) is 6.62. The number of guanidine groups is 1. The Bertz CT molecular complexity index is 756. The molecular formula is C19H25IN4S. The van der Waals surface area contributed by atoms with Crippen molar-refractivity contribution in [2.75, 3.05) is 25.0 Å². The zero-order chi connectivity index (χ0) is 16.4. The van der Waals surface area contributed by atoms with E-state index in [2.05, 4.69) is 44.9 Å². The number of thiophene rings is 1. The van der Waals surface area contributed by atoms with E-state index in [0.717, 1.165) is 31.9 Å². The molecule has 0 radical (unpaired) electrons. The van der Waals surface area contributed by atoms with Crippen LogP contribution in [0.2, 0.25) is 0 Å². The zero-order valence-electron chi connectivity index (χ0n) is 14.3. The number of hydrogen-bond donors (Lipinski definition) is 2. The van der Waals surface area contributed by atoms with Gasteiger partial charge in [-0.3, -0.25) is 9.89 Å². The van der Waals surface area contributed by atoms with Gasteiger partial charge in [-0.2, -0.15) is 0 Å². The number of nitrogens with two attached hydrogens (primary N) is 1. The van der Waals surface area contributed by atoms with Crippen molar-refractivity contribution in [2.45, 2.75) is 32.2 Å². The molecule has 0 saturated carbocycles. The van der Waals surface area contributed by atoms with Crippen LogP contribution in [-0.2, 0) is 25.8 Å². The van der Waals surface area contributed by atoms with Gasteiger partial charge in [-0.1, -0.05) is 6.07 Å². The molecule has 1 aliphatic heterocycles. The number of anilines is 1. The van der Waals surface area contributed by atoms with E-state index in [1.807, 2.05) is 11.3 Å². The number of benzene rings is 1. The lowest BCUT2D eigenvalue weighted by atomic mass is 10.1. The molecule has 1 aromatic heterocycles. The highest BCUT2D eigenvalue weighted by Crippen LogP contribution is 2.25. The summed E-state index contributed by atoms with van der Waals surface area (Å²) in [5, 5.41) is 5.43. The second kappa shape index (κ2) is 8.51. The number of nitrogens with one attached hydrogen (secondary N) is 1. The van der Waals surface area contributed by atoms with Crippen LogP contribution >= 0.6 is 35.3 Å². The lowest BCUT2D eigenvalue weighted by Gasteiger charge is -2.26. The molecule has 2 heterocycles. The van der Waals surface area contributed by atoms with Crippen molar-refractivity contribution in [3.8, 4) is 0 Å². The van der Waals surface area contributed by atoms with Crippen LogP contribution in [0.4, 0.5) is 5.69 Å². The van der Waals surface area contributed by atoms with Crippen LogP contribution < -0.4 is 11.1 Å². The standard InChI is InChI=1S/C19H24N4S.HI/c20-19(22-17-5-4-14-2-1-3-15(14)12-17)21-8-10-23-9-6-18-16(13-23)7-11-24-18;/h4-5,7,11-12H,1-3,6,8-10,13H2,(H3,20,21,22);1H. The molecule has 6 heteroatoms. The molecule has 0 amide bonds. The van der Waals surface area contributed by atoms with E-state index in [0.29, 0.717) is 5.96 Å². The Morgan fingerprint density at radius 3 is 2.96 bits per heavy atom. The number of fused-ring (bicyclic) bond motifs is 2. The third kappa shape index (κ3) is 4.54. The van der Waals surface area contributed by atoms with Crippen LogP contribution in [0.1, 0.15) is 28.0 Å². The fraction of sp³-hybridized carbons (Fsp3) is 0.421. The molecule has 4 nitrogen and oxygen atoms in total. The first-order valence-electron chi connectivity index (χ1n) is 8.74. The second-order valence-corrected chi connectivity index (χ2v) is 7.62. The molecule has 0 saturated heterocycles. The van der Waals surface area contributed by atoms with Crippen LogP contribution in [0, 0.1) is 0 Å². The summed E-state index contributed by atoms with van der Waals surface area (Å²) in [5.41, 5.74) is 11.5. The van der Waals surface area contributed by atoms with Gasteiger partial charge in [0, 0.05) is 30.2 Å². The molecule has 2 aliphatic rings. The first-order chi connectivity index (χ1) is 11.8. The normalized spacial score (nSPS) is 16.9. The number of aryl methyl sites for hydroxylation is 2. The Balaban J connectivity index is 0.00000182. The third-order valence-electron chi connectivity index (χ3n) is 4.96. The van der Waals surface area contributed by atoms with E-state index in [1.165, 1.54) is 42.4 Å². The average Bonchev–Trinajstić information content (AvgIpc) is 3.22. The average molecular weight is 468 g/mol. The smallest absolute Gasteiger partial charge is 0.193 e. The van der Waals surface area contributed by atoms with Gasteiger partial charge in [-0.15, -0.1) is 35.3 Å². The topological polar surface area (TPSA) is 53.6 Å². The molecule has 3 N–H and O–H groups in total. The lowest BCUT2D eigenvalue weighted by molar-refractivity contribution is 0.264. The summed E-state index contributed by atoms with van der Waals surface area (Å²) in [4.78, 5) is 8.50. The zero-order valence-corrected chi connectivity index (χ0v) is 17.5. The van der Waals surface area contributed by atoms with Crippen molar-refractivity contribution >= 4 is 47.0 Å². The van der Waals surface area contributed by atoms with Gasteiger partial charge in [0.15, 0.2) is 5.96 Å². The Labute approximate surface area is 170 Å². The van der Waals surface area contributed by atoms with Gasteiger partial charge in [-0.05, 0) is 66.0 Å². The third-order valence-corrected chi connectivity index (χ3v) is 5.98. The molecule has 2 aromatic rings. The van der Waals surface area contributed by atoms with Gasteiger partial charge in [0.2, 0.25) is 0 Å². The monoisotopic (exact) mass is 468 g/mol. The quantitative estimate of drug-likeness (QED) is 0.410. The van der Waals surface area contributed by atoms with Gasteiger partial charge in [0.1, 0.15) is 0 Å². The minimum Gasteiger partial charge on any atom is -0.370 e. The molecule has 0 atom stereocenters. The van der Waals surface area contributed by atoms with Crippen LogP contribution in [0.5, 0.6) is 0 Å². The van der Waals surface area contributed by atoms with E-state index < -0.39 is 0 Å². The maximum Gasteiger partial charge on any atom is 0.193 e. The summed E-state index contributed by atoms with van der Waals surface area (Å²) in [6.07, 6.45) is 4.83. The van der Waals surface area contributed by atoms with Gasteiger partial charge in [0.25, 0.3) is 0 Å². The molecule has 1 aliphatic carbocycles. The molecule has 0 fully saturated rings. The fourth-order valence-electron chi connectivity index (χ4n) is 3.65. The van der Waals surface area contributed by atoms with E-state index in [1.54, 1.807) is 4.88 Å². The van der Waals surface area contributed by atoms with Crippen molar-refractivity contribution in [3.05, 3.63) is 51.2 Å². The highest BCUT2D eigenvalue weighted by atomic mass is 127. The summed E-state index contributed by atoms with van der Waals surface area (Å²) in [6.45, 7) is 3.87. The predicted molar refractivity (Wildman–Crippen MR) is 117 cm³/mol. The Morgan fingerprint density at radius 2 is 2.04 bits per heavy atom. The van der Waals surface area contributed by atoms with Crippen molar-refractivity contribution < 1.29 is 0 Å². The van der Waals surface area contributed by atoms with Gasteiger partial charge in [-0.25, -0.2) is 0 Å². The molecular weight excluding hydrogens is 443 g/mol. The molecule has 134 valence electrons. The number of nitrogens with zero attached hydrogens (tertiary/aromatic N) is 2. The summed E-state index contributed by atoms with van der Waals surface area (Å²) < 4.78 is 0. The van der Waals surface area contributed by atoms with Crippen molar-refractivity contribution in [1.29, 1.82) is 0 Å². The minimum atomic E-state index is 0. The van der Waals surface area contributed by atoms with Crippen LogP contribution in [0.25, 0.3) is 0 Å². The Hall–Kier alpha value is -1.12. The molecule has 25 heavy (non-hydrogen) atoms. The number of rotatable bonds is 4. The van der Waals surface area contributed by atoms with E-state index in [-0.39, 0.29) is 24.0 Å². The van der Waals surface area contributed by atoms with Crippen LogP contribution in [0.3, 0.4) is 0 Å². The molecule has 1 aromatic carbocycles. The number of hydrogen-bond acceptors (Lipinski definition) is 3. The summed E-state index contributed by atoms with van der Waals surface area (Å²) >= 11 is 1.88. The summed E-state index contributed by atoms with van der Waals surface area (Å²) in [5.74, 6) is 0.515. The van der Waals surface area contributed by atoms with Crippen molar-refractivity contribution in [3.63, 3.8) is 0 Å². The van der Waals surface area contributed by atoms with Gasteiger partial charge >= 0.3 is 0 Å². The van der Waals surface area contributed by atoms with E-state index in [4.69, 9.17) is 5.73 Å². The number of aliphatic imine (C=N–C) groups is 1. The first-order valence-corrected chi connectivity index (χ1v) is 9.62. The highest BCUT2D eigenvalue weighted by Gasteiger charge is 2.16. The fourth-order valence-corrected chi connectivity index (χ4v) is 4.54. The van der Waals surface area contributed by atoms with Crippen molar-refractivity contribution in [1.82, 2.24) is 4.90 Å². The van der Waals surface area contributed by atoms with Gasteiger partial charge < -0.3 is 11.1 Å². The summed E-state index contributed by atoms with van der Waals surface area (Å²) in [6, 6.07) is 8.78. The lowest BCUT2D eigenvalue weighted by Crippen LogP contribution is -2.32. The van der Waals surface area contributed by atoms with E-state index >= 15 is 0 Å². The molecule has 0 bridgehead atoms. The highest BCUT2D eigenvalue weighted by molar-refractivity contribution is 14.0. The van der Waals surface area contributed by atoms with Crippen LogP contribution in [0.15, 0.2) is 34.6 Å². The maximum absolute atomic E-state index is 6.05. The predicted octanol–water partition coefficient (Wildman–Crippen LogP) is 3.64. The molecule has 4 rings (SSSR count). The maximum atomic E-state index is 6.05. The van der Waals surface area contributed by atoms with E-state index in [9.17, 15) is 0 Å². The van der Waals surface area contributed by atoms with Crippen LogP contribution in [-0.4, -0.2) is 30.5 Å². The first kappa shape index (κ1) is 18.7.